The van der Waals surface area contributed by atoms with Crippen LogP contribution in [0.25, 0.3) is 10.2 Å². The standard InChI is InChI=1S/C13H8BrFN2OS/c14-7-3-8(15)5-9(4-7)18-10-1-2-11-13(12(10)16)17-6-19-11/h1-6H,16H2. The van der Waals surface area contributed by atoms with Crippen LogP contribution in [0.5, 0.6) is 11.5 Å². The van der Waals surface area contributed by atoms with Crippen molar-refractivity contribution in [3.8, 4) is 11.5 Å². The Morgan fingerprint density at radius 1 is 1.26 bits per heavy atom. The molecule has 0 fully saturated rings. The van der Waals surface area contributed by atoms with Crippen LogP contribution in [0.4, 0.5) is 10.1 Å². The zero-order valence-electron chi connectivity index (χ0n) is 9.56. The minimum atomic E-state index is -0.377. The summed E-state index contributed by atoms with van der Waals surface area (Å²) in [6, 6.07) is 7.98. The number of hydrogen-bond donors (Lipinski definition) is 1. The first kappa shape index (κ1) is 12.4. The Morgan fingerprint density at radius 3 is 2.89 bits per heavy atom. The molecule has 0 aliphatic carbocycles. The van der Waals surface area contributed by atoms with E-state index in [1.165, 1.54) is 23.5 Å². The van der Waals surface area contributed by atoms with E-state index in [1.807, 2.05) is 6.07 Å². The van der Waals surface area contributed by atoms with Crippen molar-refractivity contribution in [3.05, 3.63) is 46.1 Å². The summed E-state index contributed by atoms with van der Waals surface area (Å²) in [5.74, 6) is 0.474. The number of halogens is 2. The topological polar surface area (TPSA) is 48.1 Å². The van der Waals surface area contributed by atoms with E-state index in [9.17, 15) is 4.39 Å². The van der Waals surface area contributed by atoms with E-state index in [-0.39, 0.29) is 5.82 Å². The van der Waals surface area contributed by atoms with Gasteiger partial charge in [-0.15, -0.1) is 11.3 Å². The van der Waals surface area contributed by atoms with E-state index >= 15 is 0 Å². The molecule has 1 aromatic heterocycles. The van der Waals surface area contributed by atoms with Gasteiger partial charge in [0.2, 0.25) is 0 Å². The van der Waals surface area contributed by atoms with Crippen molar-refractivity contribution < 1.29 is 9.13 Å². The van der Waals surface area contributed by atoms with E-state index in [4.69, 9.17) is 10.5 Å². The van der Waals surface area contributed by atoms with Crippen molar-refractivity contribution in [1.29, 1.82) is 0 Å². The van der Waals surface area contributed by atoms with Crippen LogP contribution in [0.2, 0.25) is 0 Å². The van der Waals surface area contributed by atoms with Crippen LogP contribution < -0.4 is 10.5 Å². The lowest BCUT2D eigenvalue weighted by Crippen LogP contribution is -1.93. The Labute approximate surface area is 121 Å². The lowest BCUT2D eigenvalue weighted by atomic mass is 10.2. The second-order valence-electron chi connectivity index (χ2n) is 3.88. The Bertz CT molecular complexity index is 739. The first-order valence-electron chi connectivity index (χ1n) is 5.39. The van der Waals surface area contributed by atoms with Crippen molar-refractivity contribution in [3.63, 3.8) is 0 Å². The minimum absolute atomic E-state index is 0.377. The summed E-state index contributed by atoms with van der Waals surface area (Å²) < 4.78 is 20.5. The average molecular weight is 339 g/mol. The molecule has 0 aliphatic heterocycles. The van der Waals surface area contributed by atoms with Gasteiger partial charge < -0.3 is 10.5 Å². The second-order valence-corrected chi connectivity index (χ2v) is 5.69. The second kappa shape index (κ2) is 4.79. The van der Waals surface area contributed by atoms with Gasteiger partial charge in [-0.2, -0.15) is 0 Å². The molecule has 1 heterocycles. The highest BCUT2D eigenvalue weighted by molar-refractivity contribution is 9.10. The maximum atomic E-state index is 13.3. The molecule has 3 nitrogen and oxygen atoms in total. The molecular formula is C13H8BrFN2OS. The van der Waals surface area contributed by atoms with Gasteiger partial charge in [-0.3, -0.25) is 0 Å². The Balaban J connectivity index is 2.02. The first-order chi connectivity index (χ1) is 9.13. The van der Waals surface area contributed by atoms with Crippen LogP contribution in [-0.2, 0) is 0 Å². The molecule has 19 heavy (non-hydrogen) atoms. The maximum absolute atomic E-state index is 13.3. The first-order valence-corrected chi connectivity index (χ1v) is 7.06. The molecule has 0 unspecified atom stereocenters. The van der Waals surface area contributed by atoms with E-state index in [1.54, 1.807) is 17.6 Å². The van der Waals surface area contributed by atoms with Gasteiger partial charge in [0.1, 0.15) is 22.8 Å². The van der Waals surface area contributed by atoms with Crippen LogP contribution in [0.3, 0.4) is 0 Å². The summed E-state index contributed by atoms with van der Waals surface area (Å²) in [5.41, 5.74) is 8.89. The average Bonchev–Trinajstić information content (AvgIpc) is 2.80. The van der Waals surface area contributed by atoms with Crippen LogP contribution in [0, 0.1) is 5.82 Å². The Hall–Kier alpha value is -1.66. The van der Waals surface area contributed by atoms with Gasteiger partial charge in [0.15, 0.2) is 5.75 Å². The molecule has 0 atom stereocenters. The predicted molar refractivity (Wildman–Crippen MR) is 78.2 cm³/mol. The fourth-order valence-corrected chi connectivity index (χ4v) is 2.87. The SMILES string of the molecule is Nc1c(Oc2cc(F)cc(Br)c2)ccc2scnc12. The number of fused-ring (bicyclic) bond motifs is 1. The van der Waals surface area contributed by atoms with Crippen LogP contribution in [-0.4, -0.2) is 4.98 Å². The quantitative estimate of drug-likeness (QED) is 0.696. The fourth-order valence-electron chi connectivity index (χ4n) is 1.74. The summed E-state index contributed by atoms with van der Waals surface area (Å²) in [4.78, 5) is 4.19. The zero-order chi connectivity index (χ0) is 13.4. The molecule has 3 rings (SSSR count). The predicted octanol–water partition coefficient (Wildman–Crippen LogP) is 4.57. The van der Waals surface area contributed by atoms with Gasteiger partial charge >= 0.3 is 0 Å². The molecule has 0 saturated heterocycles. The van der Waals surface area contributed by atoms with Crippen molar-refractivity contribution in [1.82, 2.24) is 4.98 Å². The lowest BCUT2D eigenvalue weighted by Gasteiger charge is -2.09. The molecule has 0 amide bonds. The largest absolute Gasteiger partial charge is 0.455 e. The Morgan fingerprint density at radius 2 is 2.11 bits per heavy atom. The van der Waals surface area contributed by atoms with Gasteiger partial charge in [0, 0.05) is 10.5 Å². The molecule has 0 saturated carbocycles. The molecule has 6 heteroatoms. The fraction of sp³-hybridized carbons (Fsp3) is 0. The van der Waals surface area contributed by atoms with E-state index in [0.717, 1.165) is 4.70 Å². The van der Waals surface area contributed by atoms with Crippen molar-refractivity contribution in [2.75, 3.05) is 5.73 Å². The van der Waals surface area contributed by atoms with Crippen molar-refractivity contribution in [2.45, 2.75) is 0 Å². The smallest absolute Gasteiger partial charge is 0.152 e. The molecule has 0 aliphatic rings. The Kier molecular flexibility index (Phi) is 3.12. The molecule has 96 valence electrons. The third-order valence-corrected chi connectivity index (χ3v) is 3.82. The molecule has 2 aromatic carbocycles. The highest BCUT2D eigenvalue weighted by atomic mass is 79.9. The molecule has 0 spiro atoms. The van der Waals surface area contributed by atoms with Gasteiger partial charge in [-0.1, -0.05) is 15.9 Å². The third kappa shape index (κ3) is 2.41. The van der Waals surface area contributed by atoms with E-state index in [2.05, 4.69) is 20.9 Å². The van der Waals surface area contributed by atoms with Crippen molar-refractivity contribution >= 4 is 43.2 Å². The van der Waals surface area contributed by atoms with Gasteiger partial charge in [0.05, 0.1) is 10.2 Å². The zero-order valence-corrected chi connectivity index (χ0v) is 12.0. The normalized spacial score (nSPS) is 10.8. The summed E-state index contributed by atoms with van der Waals surface area (Å²) in [6.45, 7) is 0. The van der Waals surface area contributed by atoms with Crippen LogP contribution in [0.1, 0.15) is 0 Å². The van der Waals surface area contributed by atoms with Gasteiger partial charge in [0.25, 0.3) is 0 Å². The maximum Gasteiger partial charge on any atom is 0.152 e. The molecule has 0 radical (unpaired) electrons. The van der Waals surface area contributed by atoms with E-state index < -0.39 is 0 Å². The van der Waals surface area contributed by atoms with Crippen LogP contribution in [0.15, 0.2) is 40.3 Å². The van der Waals surface area contributed by atoms with Gasteiger partial charge in [-0.25, -0.2) is 9.37 Å². The number of nitrogens with two attached hydrogens (primary N) is 1. The number of nitrogens with zero attached hydrogens (tertiary/aromatic N) is 1. The number of rotatable bonds is 2. The lowest BCUT2D eigenvalue weighted by molar-refractivity contribution is 0.479. The molecule has 0 bridgehead atoms. The summed E-state index contributed by atoms with van der Waals surface area (Å²) >= 11 is 4.72. The minimum Gasteiger partial charge on any atom is -0.455 e. The number of thiazole rings is 1. The molecule has 2 N–H and O–H groups in total. The summed E-state index contributed by atoms with van der Waals surface area (Å²) in [5, 5.41) is 0. The van der Waals surface area contributed by atoms with Crippen molar-refractivity contribution in [2.24, 2.45) is 0 Å². The summed E-state index contributed by atoms with van der Waals surface area (Å²) in [7, 11) is 0. The highest BCUT2D eigenvalue weighted by Crippen LogP contribution is 2.35. The van der Waals surface area contributed by atoms with Crippen LogP contribution >= 0.6 is 27.3 Å². The number of anilines is 1. The number of ether oxygens (including phenoxy) is 1. The number of benzene rings is 2. The summed E-state index contributed by atoms with van der Waals surface area (Å²) in [6.07, 6.45) is 0. The molecule has 3 aromatic rings. The van der Waals surface area contributed by atoms with Gasteiger partial charge in [-0.05, 0) is 24.3 Å². The number of nitrogen functional groups attached to an aromatic ring is 1. The number of hydrogen-bond acceptors (Lipinski definition) is 4. The number of aromatic nitrogens is 1. The molecular weight excluding hydrogens is 331 g/mol. The highest BCUT2D eigenvalue weighted by Gasteiger charge is 2.09. The van der Waals surface area contributed by atoms with E-state index in [0.29, 0.717) is 27.2 Å². The third-order valence-electron chi connectivity index (χ3n) is 2.57. The monoisotopic (exact) mass is 338 g/mol.